The van der Waals surface area contributed by atoms with E-state index in [0.717, 1.165) is 31.9 Å². The van der Waals surface area contributed by atoms with E-state index in [4.69, 9.17) is 0 Å². The monoisotopic (exact) mass is 204 g/mol. The van der Waals surface area contributed by atoms with Crippen molar-refractivity contribution in [2.24, 2.45) is 0 Å². The molecular formula is C11H16N4. The highest BCUT2D eigenvalue weighted by molar-refractivity contribution is 5.10. The number of nitrogens with zero attached hydrogens (tertiary/aromatic N) is 3. The molecule has 0 amide bonds. The lowest BCUT2D eigenvalue weighted by molar-refractivity contribution is 0.132. The quantitative estimate of drug-likeness (QED) is 0.758. The molecule has 1 aliphatic heterocycles. The summed E-state index contributed by atoms with van der Waals surface area (Å²) in [6.45, 7) is 4.33. The Balaban J connectivity index is 1.72. The molecule has 1 aromatic rings. The second-order valence-corrected chi connectivity index (χ2v) is 4.54. The molecule has 2 fully saturated rings. The highest BCUT2D eigenvalue weighted by Gasteiger charge is 2.48. The topological polar surface area (TPSA) is 41.1 Å². The highest BCUT2D eigenvalue weighted by Crippen LogP contribution is 2.42. The maximum Gasteiger partial charge on any atom is 0.0771 e. The average Bonchev–Trinajstić information content (AvgIpc) is 3.04. The SMILES string of the molecule is c1cnnc(CN2CCNCC23CC3)c1. The van der Waals surface area contributed by atoms with Crippen LogP contribution in [0, 0.1) is 0 Å². The Hall–Kier alpha value is -1.00. The molecule has 3 rings (SSSR count). The molecule has 0 atom stereocenters. The van der Waals surface area contributed by atoms with E-state index in [0.29, 0.717) is 5.54 Å². The van der Waals surface area contributed by atoms with Crippen molar-refractivity contribution in [2.45, 2.75) is 24.9 Å². The Kier molecular flexibility index (Phi) is 2.18. The van der Waals surface area contributed by atoms with Gasteiger partial charge in [-0.25, -0.2) is 0 Å². The molecule has 1 saturated heterocycles. The van der Waals surface area contributed by atoms with E-state index in [2.05, 4.69) is 26.5 Å². The number of nitrogens with one attached hydrogen (secondary N) is 1. The number of piperazine rings is 1. The fourth-order valence-corrected chi connectivity index (χ4v) is 2.38. The van der Waals surface area contributed by atoms with E-state index in [1.807, 2.05) is 6.07 Å². The maximum atomic E-state index is 4.15. The average molecular weight is 204 g/mol. The number of rotatable bonds is 2. The zero-order valence-electron chi connectivity index (χ0n) is 8.82. The Labute approximate surface area is 89.7 Å². The molecule has 0 radical (unpaired) electrons. The summed E-state index contributed by atoms with van der Waals surface area (Å²) in [6.07, 6.45) is 4.40. The van der Waals surface area contributed by atoms with Gasteiger partial charge in [0.1, 0.15) is 0 Å². The van der Waals surface area contributed by atoms with Crippen LogP contribution >= 0.6 is 0 Å². The first-order chi connectivity index (χ1) is 7.39. The lowest BCUT2D eigenvalue weighted by atomic mass is 10.1. The van der Waals surface area contributed by atoms with E-state index < -0.39 is 0 Å². The molecule has 4 heteroatoms. The number of hydrogen-bond donors (Lipinski definition) is 1. The van der Waals surface area contributed by atoms with Crippen LogP contribution in [0.25, 0.3) is 0 Å². The van der Waals surface area contributed by atoms with Gasteiger partial charge in [-0.15, -0.1) is 0 Å². The molecule has 1 aliphatic carbocycles. The predicted octanol–water partition coefficient (Wildman–Crippen LogP) is 0.414. The van der Waals surface area contributed by atoms with E-state index in [1.165, 1.54) is 12.8 Å². The molecule has 80 valence electrons. The molecule has 0 unspecified atom stereocenters. The lowest BCUT2D eigenvalue weighted by Gasteiger charge is -2.36. The van der Waals surface area contributed by atoms with Gasteiger partial charge in [-0.1, -0.05) is 0 Å². The van der Waals surface area contributed by atoms with Crippen LogP contribution in [0.15, 0.2) is 18.3 Å². The summed E-state index contributed by atoms with van der Waals surface area (Å²) < 4.78 is 0. The van der Waals surface area contributed by atoms with Crippen LogP contribution in [0.3, 0.4) is 0 Å². The van der Waals surface area contributed by atoms with Crippen LogP contribution in [-0.4, -0.2) is 40.3 Å². The van der Waals surface area contributed by atoms with Gasteiger partial charge >= 0.3 is 0 Å². The Morgan fingerprint density at radius 3 is 3.13 bits per heavy atom. The van der Waals surface area contributed by atoms with Gasteiger partial charge < -0.3 is 5.32 Å². The number of aromatic nitrogens is 2. The second kappa shape index (κ2) is 3.54. The van der Waals surface area contributed by atoms with Gasteiger partial charge in [0.05, 0.1) is 5.69 Å². The van der Waals surface area contributed by atoms with Crippen molar-refractivity contribution < 1.29 is 0 Å². The Morgan fingerprint density at radius 2 is 2.40 bits per heavy atom. The van der Waals surface area contributed by atoms with Crippen molar-refractivity contribution >= 4 is 0 Å². The molecule has 1 spiro atoms. The summed E-state index contributed by atoms with van der Waals surface area (Å²) in [5, 5.41) is 11.6. The zero-order chi connectivity index (χ0) is 10.1. The van der Waals surface area contributed by atoms with Gasteiger partial charge in [-0.2, -0.15) is 10.2 Å². The van der Waals surface area contributed by atoms with Crippen LogP contribution in [0.4, 0.5) is 0 Å². The summed E-state index contributed by atoms with van der Waals surface area (Å²) >= 11 is 0. The van der Waals surface area contributed by atoms with Gasteiger partial charge in [0, 0.05) is 37.9 Å². The van der Waals surface area contributed by atoms with E-state index in [9.17, 15) is 0 Å². The van der Waals surface area contributed by atoms with Gasteiger partial charge in [0.25, 0.3) is 0 Å². The molecule has 1 saturated carbocycles. The zero-order valence-corrected chi connectivity index (χ0v) is 8.82. The van der Waals surface area contributed by atoms with Gasteiger partial charge in [-0.05, 0) is 25.0 Å². The Bertz CT molecular complexity index is 334. The molecule has 1 aromatic heterocycles. The van der Waals surface area contributed by atoms with Crippen LogP contribution < -0.4 is 5.32 Å². The van der Waals surface area contributed by atoms with Crippen molar-refractivity contribution in [2.75, 3.05) is 19.6 Å². The van der Waals surface area contributed by atoms with Crippen LogP contribution in [0.2, 0.25) is 0 Å². The summed E-state index contributed by atoms with van der Waals surface area (Å²) in [7, 11) is 0. The molecule has 0 aromatic carbocycles. The summed E-state index contributed by atoms with van der Waals surface area (Å²) in [6, 6.07) is 4.02. The van der Waals surface area contributed by atoms with E-state index in [-0.39, 0.29) is 0 Å². The van der Waals surface area contributed by atoms with Crippen molar-refractivity contribution in [3.8, 4) is 0 Å². The maximum absolute atomic E-state index is 4.15. The first kappa shape index (κ1) is 9.24. The first-order valence-corrected chi connectivity index (χ1v) is 5.61. The normalized spacial score (nSPS) is 24.3. The molecule has 1 N–H and O–H groups in total. The first-order valence-electron chi connectivity index (χ1n) is 5.61. The van der Waals surface area contributed by atoms with Crippen molar-refractivity contribution in [3.63, 3.8) is 0 Å². The molecule has 2 aliphatic rings. The standard InChI is InChI=1S/C11H16N4/c1-2-10(14-13-5-1)8-15-7-6-12-9-11(15)3-4-11/h1-2,5,12H,3-4,6-9H2. The fraction of sp³-hybridized carbons (Fsp3) is 0.636. The van der Waals surface area contributed by atoms with Crippen molar-refractivity contribution in [3.05, 3.63) is 24.0 Å². The van der Waals surface area contributed by atoms with E-state index >= 15 is 0 Å². The lowest BCUT2D eigenvalue weighted by Crippen LogP contribution is -2.52. The molecule has 2 heterocycles. The second-order valence-electron chi connectivity index (χ2n) is 4.54. The largest absolute Gasteiger partial charge is 0.314 e. The van der Waals surface area contributed by atoms with Crippen molar-refractivity contribution in [1.82, 2.24) is 20.4 Å². The summed E-state index contributed by atoms with van der Waals surface area (Å²) in [4.78, 5) is 2.56. The van der Waals surface area contributed by atoms with Gasteiger partial charge in [0.15, 0.2) is 0 Å². The molecule has 0 bridgehead atoms. The summed E-state index contributed by atoms with van der Waals surface area (Å²) in [5.41, 5.74) is 1.54. The third-order valence-corrected chi connectivity index (χ3v) is 3.49. The van der Waals surface area contributed by atoms with Crippen LogP contribution in [0.5, 0.6) is 0 Å². The molecule has 4 nitrogen and oxygen atoms in total. The molecule has 15 heavy (non-hydrogen) atoms. The predicted molar refractivity (Wildman–Crippen MR) is 57.3 cm³/mol. The Morgan fingerprint density at radius 1 is 1.47 bits per heavy atom. The highest BCUT2D eigenvalue weighted by atomic mass is 15.3. The van der Waals surface area contributed by atoms with Crippen LogP contribution in [-0.2, 0) is 6.54 Å². The third-order valence-electron chi connectivity index (χ3n) is 3.49. The van der Waals surface area contributed by atoms with E-state index in [1.54, 1.807) is 6.20 Å². The van der Waals surface area contributed by atoms with Gasteiger partial charge in [-0.3, -0.25) is 4.90 Å². The number of hydrogen-bond acceptors (Lipinski definition) is 4. The fourth-order valence-electron chi connectivity index (χ4n) is 2.38. The molecular weight excluding hydrogens is 188 g/mol. The smallest absolute Gasteiger partial charge is 0.0771 e. The minimum Gasteiger partial charge on any atom is -0.314 e. The minimum atomic E-state index is 0.454. The van der Waals surface area contributed by atoms with Gasteiger partial charge in [0.2, 0.25) is 0 Å². The summed E-state index contributed by atoms with van der Waals surface area (Å²) in [5.74, 6) is 0. The van der Waals surface area contributed by atoms with Crippen molar-refractivity contribution in [1.29, 1.82) is 0 Å². The van der Waals surface area contributed by atoms with Crippen LogP contribution in [0.1, 0.15) is 18.5 Å². The minimum absolute atomic E-state index is 0.454. The third kappa shape index (κ3) is 1.75.